The van der Waals surface area contributed by atoms with Gasteiger partial charge in [-0.15, -0.1) is 0 Å². The zero-order valence-electron chi connectivity index (χ0n) is 9.89. The molecule has 1 atom stereocenters. The van der Waals surface area contributed by atoms with Gasteiger partial charge in [-0.1, -0.05) is 0 Å². The van der Waals surface area contributed by atoms with Crippen molar-refractivity contribution in [3.8, 4) is 5.75 Å². The van der Waals surface area contributed by atoms with E-state index in [0.29, 0.717) is 11.3 Å². The Morgan fingerprint density at radius 2 is 2.00 bits per heavy atom. The number of carbonyl (C=O) groups excluding carboxylic acids is 1. The molecule has 0 aliphatic carbocycles. The van der Waals surface area contributed by atoms with E-state index in [1.54, 1.807) is 6.92 Å². The molecule has 17 heavy (non-hydrogen) atoms. The van der Waals surface area contributed by atoms with Crippen LogP contribution in [0.2, 0.25) is 0 Å². The van der Waals surface area contributed by atoms with Crippen LogP contribution in [0, 0.1) is 6.92 Å². The Kier molecular flexibility index (Phi) is 3.77. The summed E-state index contributed by atoms with van der Waals surface area (Å²) in [5.41, 5.74) is 1.15. The first-order valence-corrected chi connectivity index (χ1v) is 6.96. The topological polar surface area (TPSA) is 83.5 Å². The summed E-state index contributed by atoms with van der Waals surface area (Å²) in [6.45, 7) is 3.04. The number of hydrogen-bond acceptors (Lipinski definition) is 4. The van der Waals surface area contributed by atoms with E-state index < -0.39 is 21.0 Å². The Bertz CT molecular complexity index is 536. The smallest absolute Gasteiger partial charge is 0.242 e. The summed E-state index contributed by atoms with van der Waals surface area (Å²) in [7, 11) is -3.40. The zero-order chi connectivity index (χ0) is 13.2. The van der Waals surface area contributed by atoms with E-state index in [1.807, 2.05) is 0 Å². The quantitative estimate of drug-likeness (QED) is 0.793. The summed E-state index contributed by atoms with van der Waals surface area (Å²) in [5.74, 6) is -0.488. The highest BCUT2D eigenvalue weighted by atomic mass is 32.2. The highest BCUT2D eigenvalue weighted by Gasteiger charge is 2.23. The van der Waals surface area contributed by atoms with E-state index in [1.165, 1.54) is 25.1 Å². The Labute approximate surface area is 100 Å². The van der Waals surface area contributed by atoms with Crippen molar-refractivity contribution in [2.75, 3.05) is 11.6 Å². The highest BCUT2D eigenvalue weighted by Crippen LogP contribution is 2.20. The van der Waals surface area contributed by atoms with Crippen LogP contribution in [0.25, 0.3) is 0 Å². The second-order valence-corrected chi connectivity index (χ2v) is 6.33. The molecule has 0 bridgehead atoms. The first-order valence-electron chi connectivity index (χ1n) is 5.01. The van der Waals surface area contributed by atoms with E-state index in [9.17, 15) is 18.3 Å². The lowest BCUT2D eigenvalue weighted by atomic mass is 10.2. The molecule has 1 aromatic rings. The van der Waals surface area contributed by atoms with Gasteiger partial charge in [0.15, 0.2) is 9.84 Å². The Balaban J connectivity index is 2.89. The van der Waals surface area contributed by atoms with Gasteiger partial charge in [0.2, 0.25) is 5.91 Å². The van der Waals surface area contributed by atoms with Gasteiger partial charge in [0, 0.05) is 11.9 Å². The maximum atomic E-state index is 11.6. The van der Waals surface area contributed by atoms with Crippen molar-refractivity contribution in [3.63, 3.8) is 0 Å². The monoisotopic (exact) mass is 257 g/mol. The van der Waals surface area contributed by atoms with Gasteiger partial charge in [0.1, 0.15) is 11.0 Å². The normalized spacial score (nSPS) is 13.1. The number of rotatable bonds is 3. The molecule has 0 aromatic heterocycles. The minimum atomic E-state index is -3.40. The number of phenols is 1. The predicted octanol–water partition coefficient (Wildman–Crippen LogP) is 1.07. The van der Waals surface area contributed by atoms with Gasteiger partial charge in [-0.25, -0.2) is 8.42 Å². The molecule has 94 valence electrons. The Morgan fingerprint density at radius 3 is 2.47 bits per heavy atom. The molecule has 0 heterocycles. The van der Waals surface area contributed by atoms with Crippen LogP contribution < -0.4 is 5.32 Å². The molecule has 0 saturated heterocycles. The standard InChI is InChI=1S/C11H15NO4S/c1-7-6-9(13)4-5-10(7)12-11(14)8(2)17(3,15)16/h4-6,8,13H,1-3H3,(H,12,14). The minimum Gasteiger partial charge on any atom is -0.508 e. The Morgan fingerprint density at radius 1 is 1.41 bits per heavy atom. The number of aryl methyl sites for hydroxylation is 1. The van der Waals surface area contributed by atoms with Crippen LogP contribution in [0.1, 0.15) is 12.5 Å². The maximum absolute atomic E-state index is 11.6. The maximum Gasteiger partial charge on any atom is 0.242 e. The number of phenolic OH excluding ortho intramolecular Hbond substituents is 1. The lowest BCUT2D eigenvalue weighted by Crippen LogP contribution is -2.31. The molecular weight excluding hydrogens is 242 g/mol. The molecule has 0 saturated carbocycles. The van der Waals surface area contributed by atoms with Crippen LogP contribution in [0.4, 0.5) is 5.69 Å². The molecule has 5 nitrogen and oxygen atoms in total. The first-order chi connectivity index (χ1) is 7.71. The summed E-state index contributed by atoms with van der Waals surface area (Å²) >= 11 is 0. The van der Waals surface area contributed by atoms with Crippen LogP contribution in [0.3, 0.4) is 0 Å². The third-order valence-corrected chi connectivity index (χ3v) is 3.98. The van der Waals surface area contributed by atoms with Crippen molar-refractivity contribution in [1.29, 1.82) is 0 Å². The molecule has 0 aliphatic rings. The minimum absolute atomic E-state index is 0.0941. The number of benzene rings is 1. The third kappa shape index (κ3) is 3.45. The van der Waals surface area contributed by atoms with Crippen molar-refractivity contribution in [2.24, 2.45) is 0 Å². The third-order valence-electron chi connectivity index (χ3n) is 2.48. The van der Waals surface area contributed by atoms with E-state index in [2.05, 4.69) is 5.32 Å². The fourth-order valence-corrected chi connectivity index (χ4v) is 1.66. The molecule has 1 aromatic carbocycles. The summed E-state index contributed by atoms with van der Waals surface area (Å²) in [5, 5.41) is 10.6. The number of carbonyl (C=O) groups is 1. The van der Waals surface area contributed by atoms with Crippen molar-refractivity contribution in [2.45, 2.75) is 19.1 Å². The van der Waals surface area contributed by atoms with Gasteiger partial charge < -0.3 is 10.4 Å². The highest BCUT2D eigenvalue weighted by molar-refractivity contribution is 7.92. The SMILES string of the molecule is Cc1cc(O)ccc1NC(=O)C(C)S(C)(=O)=O. The number of amides is 1. The van der Waals surface area contributed by atoms with Crippen LogP contribution in [-0.2, 0) is 14.6 Å². The zero-order valence-corrected chi connectivity index (χ0v) is 10.7. The predicted molar refractivity (Wildman–Crippen MR) is 65.8 cm³/mol. The van der Waals surface area contributed by atoms with Crippen LogP contribution in [-0.4, -0.2) is 30.9 Å². The van der Waals surface area contributed by atoms with Gasteiger partial charge in [-0.05, 0) is 37.6 Å². The number of nitrogens with one attached hydrogen (secondary N) is 1. The van der Waals surface area contributed by atoms with Crippen molar-refractivity contribution >= 4 is 21.4 Å². The van der Waals surface area contributed by atoms with Crippen molar-refractivity contribution in [3.05, 3.63) is 23.8 Å². The van der Waals surface area contributed by atoms with Crippen molar-refractivity contribution in [1.82, 2.24) is 0 Å². The number of sulfone groups is 1. The molecular formula is C11H15NO4S. The summed E-state index contributed by atoms with van der Waals surface area (Å²) in [6.07, 6.45) is 1.01. The van der Waals surface area contributed by atoms with E-state index in [0.717, 1.165) is 6.26 Å². The van der Waals surface area contributed by atoms with Crippen molar-refractivity contribution < 1.29 is 18.3 Å². The summed E-state index contributed by atoms with van der Waals surface area (Å²) in [4.78, 5) is 11.6. The van der Waals surface area contributed by atoms with E-state index in [-0.39, 0.29) is 5.75 Å². The Hall–Kier alpha value is -1.56. The van der Waals surface area contributed by atoms with Gasteiger partial charge in [0.05, 0.1) is 0 Å². The fraction of sp³-hybridized carbons (Fsp3) is 0.364. The number of aromatic hydroxyl groups is 1. The molecule has 0 fully saturated rings. The number of hydrogen-bond donors (Lipinski definition) is 2. The fourth-order valence-electron chi connectivity index (χ4n) is 1.22. The van der Waals surface area contributed by atoms with Gasteiger partial charge >= 0.3 is 0 Å². The molecule has 6 heteroatoms. The molecule has 0 spiro atoms. The van der Waals surface area contributed by atoms with Crippen LogP contribution >= 0.6 is 0 Å². The molecule has 2 N–H and O–H groups in total. The summed E-state index contributed by atoms with van der Waals surface area (Å²) < 4.78 is 22.4. The lowest BCUT2D eigenvalue weighted by Gasteiger charge is -2.12. The molecule has 1 amide bonds. The second kappa shape index (κ2) is 4.75. The molecule has 0 aliphatic heterocycles. The van der Waals surface area contributed by atoms with Gasteiger partial charge in [-0.2, -0.15) is 0 Å². The summed E-state index contributed by atoms with van der Waals surface area (Å²) in [6, 6.07) is 4.44. The molecule has 0 radical (unpaired) electrons. The first kappa shape index (κ1) is 13.5. The van der Waals surface area contributed by atoms with E-state index in [4.69, 9.17) is 0 Å². The number of anilines is 1. The van der Waals surface area contributed by atoms with Gasteiger partial charge in [0.25, 0.3) is 0 Å². The van der Waals surface area contributed by atoms with E-state index >= 15 is 0 Å². The lowest BCUT2D eigenvalue weighted by molar-refractivity contribution is -0.115. The van der Waals surface area contributed by atoms with Gasteiger partial charge in [-0.3, -0.25) is 4.79 Å². The van der Waals surface area contributed by atoms with Crippen LogP contribution in [0.15, 0.2) is 18.2 Å². The average Bonchev–Trinajstić information content (AvgIpc) is 2.19. The second-order valence-electron chi connectivity index (χ2n) is 3.96. The molecule has 1 unspecified atom stereocenters. The average molecular weight is 257 g/mol. The molecule has 1 rings (SSSR count). The largest absolute Gasteiger partial charge is 0.508 e. The van der Waals surface area contributed by atoms with Crippen LogP contribution in [0.5, 0.6) is 5.75 Å².